The minimum Gasteiger partial charge on any atom is -0.454 e. The monoisotopic (exact) mass is 385 g/mol. The molecular weight excluding hydrogens is 361 g/mol. The van der Waals surface area contributed by atoms with Gasteiger partial charge in [-0.25, -0.2) is 4.39 Å². The fourth-order valence-electron chi connectivity index (χ4n) is 3.48. The van der Waals surface area contributed by atoms with Crippen LogP contribution >= 0.6 is 0 Å². The lowest BCUT2D eigenvalue weighted by molar-refractivity contribution is -0.116. The first-order valence-corrected chi connectivity index (χ1v) is 9.54. The van der Waals surface area contributed by atoms with Gasteiger partial charge in [0.25, 0.3) is 0 Å². The average molecular weight is 385 g/mol. The Morgan fingerprint density at radius 2 is 1.68 bits per heavy atom. The second kappa shape index (κ2) is 8.58. The van der Waals surface area contributed by atoms with Gasteiger partial charge in [-0.05, 0) is 42.0 Å². The molecule has 1 amide bonds. The Kier molecular flexibility index (Phi) is 5.73. The molecule has 0 atom stereocenters. The molecule has 28 heavy (non-hydrogen) atoms. The lowest BCUT2D eigenvalue weighted by Crippen LogP contribution is -2.46. The van der Waals surface area contributed by atoms with Gasteiger partial charge in [-0.15, -0.1) is 0 Å². The number of carbonyl (C=O) groups excluding carboxylic acids is 1. The highest BCUT2D eigenvalue weighted by molar-refractivity contribution is 5.90. The molecule has 2 aliphatic heterocycles. The molecule has 2 aromatic rings. The van der Waals surface area contributed by atoms with Crippen LogP contribution < -0.4 is 14.8 Å². The van der Waals surface area contributed by atoms with Gasteiger partial charge in [0, 0.05) is 51.4 Å². The zero-order chi connectivity index (χ0) is 19.3. The lowest BCUT2D eigenvalue weighted by atomic mass is 10.1. The molecule has 0 saturated carbocycles. The fraction of sp³-hybridized carbons (Fsp3) is 0.381. The van der Waals surface area contributed by atoms with Crippen LogP contribution in [0, 0.1) is 5.82 Å². The molecule has 0 aromatic heterocycles. The third kappa shape index (κ3) is 4.79. The van der Waals surface area contributed by atoms with Crippen LogP contribution in [-0.4, -0.2) is 55.2 Å². The van der Waals surface area contributed by atoms with Crippen molar-refractivity contribution in [2.45, 2.75) is 13.0 Å². The number of piperazine rings is 1. The van der Waals surface area contributed by atoms with Crippen LogP contribution in [0.25, 0.3) is 0 Å². The molecule has 148 valence electrons. The van der Waals surface area contributed by atoms with Crippen molar-refractivity contribution in [1.82, 2.24) is 9.80 Å². The summed E-state index contributed by atoms with van der Waals surface area (Å²) in [5.41, 5.74) is 1.84. The van der Waals surface area contributed by atoms with E-state index in [2.05, 4.69) is 27.2 Å². The van der Waals surface area contributed by atoms with Crippen LogP contribution in [0.3, 0.4) is 0 Å². The number of rotatable bonds is 6. The highest BCUT2D eigenvalue weighted by Crippen LogP contribution is 2.32. The molecule has 0 aliphatic carbocycles. The first kappa shape index (κ1) is 18.7. The van der Waals surface area contributed by atoms with E-state index in [1.54, 1.807) is 12.1 Å². The van der Waals surface area contributed by atoms with E-state index in [4.69, 9.17) is 9.47 Å². The summed E-state index contributed by atoms with van der Waals surface area (Å²) >= 11 is 0. The quantitative estimate of drug-likeness (QED) is 0.829. The maximum absolute atomic E-state index is 12.9. The van der Waals surface area contributed by atoms with Gasteiger partial charge in [-0.3, -0.25) is 9.69 Å². The topological polar surface area (TPSA) is 54.0 Å². The molecule has 2 aliphatic rings. The van der Waals surface area contributed by atoms with Crippen molar-refractivity contribution in [2.24, 2.45) is 0 Å². The van der Waals surface area contributed by atoms with Gasteiger partial charge in [-0.1, -0.05) is 6.07 Å². The molecular formula is C21H24FN3O3. The van der Waals surface area contributed by atoms with E-state index in [9.17, 15) is 9.18 Å². The van der Waals surface area contributed by atoms with Crippen LogP contribution in [0.1, 0.15) is 12.0 Å². The second-order valence-corrected chi connectivity index (χ2v) is 7.11. The highest BCUT2D eigenvalue weighted by Gasteiger charge is 2.19. The molecule has 6 nitrogen and oxygen atoms in total. The lowest BCUT2D eigenvalue weighted by Gasteiger charge is -2.34. The van der Waals surface area contributed by atoms with Crippen LogP contribution in [0.5, 0.6) is 11.5 Å². The van der Waals surface area contributed by atoms with Crippen molar-refractivity contribution in [2.75, 3.05) is 44.8 Å². The van der Waals surface area contributed by atoms with E-state index in [1.165, 1.54) is 17.7 Å². The summed E-state index contributed by atoms with van der Waals surface area (Å²) in [6.07, 6.45) is 0.430. The third-order valence-corrected chi connectivity index (χ3v) is 5.09. The van der Waals surface area contributed by atoms with Gasteiger partial charge in [0.05, 0.1) is 0 Å². The van der Waals surface area contributed by atoms with Gasteiger partial charge in [0.15, 0.2) is 11.5 Å². The van der Waals surface area contributed by atoms with Gasteiger partial charge in [0.1, 0.15) is 5.82 Å². The van der Waals surface area contributed by atoms with E-state index >= 15 is 0 Å². The van der Waals surface area contributed by atoms with Crippen LogP contribution in [0.4, 0.5) is 10.1 Å². The van der Waals surface area contributed by atoms with Gasteiger partial charge in [-0.2, -0.15) is 0 Å². The van der Waals surface area contributed by atoms with Crippen molar-refractivity contribution in [3.8, 4) is 11.5 Å². The zero-order valence-corrected chi connectivity index (χ0v) is 15.7. The molecule has 4 rings (SSSR count). The van der Waals surface area contributed by atoms with Crippen LogP contribution in [-0.2, 0) is 11.3 Å². The Morgan fingerprint density at radius 1 is 0.964 bits per heavy atom. The van der Waals surface area contributed by atoms with Crippen molar-refractivity contribution >= 4 is 11.6 Å². The molecule has 2 aromatic carbocycles. The standard InChI is InChI=1S/C21H24FN3O3/c22-17-2-4-18(5-3-17)23-21(26)7-8-24-9-11-25(12-10-24)14-16-1-6-19-20(13-16)28-15-27-19/h1-6,13H,7-12,14-15H2,(H,23,26). The first-order chi connectivity index (χ1) is 13.7. The number of nitrogens with zero attached hydrogens (tertiary/aromatic N) is 2. The molecule has 1 fully saturated rings. The summed E-state index contributed by atoms with van der Waals surface area (Å²) in [7, 11) is 0. The highest BCUT2D eigenvalue weighted by atomic mass is 19.1. The average Bonchev–Trinajstić information content (AvgIpc) is 3.17. The molecule has 0 bridgehead atoms. The zero-order valence-electron chi connectivity index (χ0n) is 15.7. The maximum Gasteiger partial charge on any atom is 0.231 e. The van der Waals surface area contributed by atoms with Crippen molar-refractivity contribution in [3.63, 3.8) is 0 Å². The van der Waals surface area contributed by atoms with Crippen molar-refractivity contribution in [3.05, 3.63) is 53.8 Å². The minimum absolute atomic E-state index is 0.0469. The predicted molar refractivity (Wildman–Crippen MR) is 104 cm³/mol. The van der Waals surface area contributed by atoms with E-state index in [0.717, 1.165) is 50.8 Å². The number of nitrogens with one attached hydrogen (secondary N) is 1. The molecule has 0 unspecified atom stereocenters. The summed E-state index contributed by atoms with van der Waals surface area (Å²) in [6, 6.07) is 11.9. The Balaban J connectivity index is 1.18. The SMILES string of the molecule is O=C(CCN1CCN(Cc2ccc3c(c2)OCO3)CC1)Nc1ccc(F)cc1. The van der Waals surface area contributed by atoms with Gasteiger partial charge in [0.2, 0.25) is 12.7 Å². The normalized spacial score (nSPS) is 16.9. The Morgan fingerprint density at radius 3 is 2.46 bits per heavy atom. The number of halogens is 1. The summed E-state index contributed by atoms with van der Waals surface area (Å²) in [5, 5.41) is 2.81. The number of benzene rings is 2. The Labute approximate surface area is 163 Å². The third-order valence-electron chi connectivity index (χ3n) is 5.09. The molecule has 0 spiro atoms. The number of amides is 1. The minimum atomic E-state index is -0.309. The Bertz CT molecular complexity index is 820. The number of fused-ring (bicyclic) bond motifs is 1. The number of anilines is 1. The molecule has 1 saturated heterocycles. The van der Waals surface area contributed by atoms with E-state index < -0.39 is 0 Å². The van der Waals surface area contributed by atoms with Gasteiger partial charge >= 0.3 is 0 Å². The number of carbonyl (C=O) groups is 1. The molecule has 2 heterocycles. The van der Waals surface area contributed by atoms with Crippen molar-refractivity contribution in [1.29, 1.82) is 0 Å². The maximum atomic E-state index is 12.9. The van der Waals surface area contributed by atoms with E-state index in [-0.39, 0.29) is 11.7 Å². The van der Waals surface area contributed by atoms with E-state index in [1.807, 2.05) is 6.07 Å². The Hall–Kier alpha value is -2.64. The summed E-state index contributed by atoms with van der Waals surface area (Å²) < 4.78 is 23.7. The van der Waals surface area contributed by atoms with Crippen molar-refractivity contribution < 1.29 is 18.7 Å². The smallest absolute Gasteiger partial charge is 0.231 e. The van der Waals surface area contributed by atoms with Gasteiger partial charge < -0.3 is 19.7 Å². The molecule has 7 heteroatoms. The number of hydrogen-bond acceptors (Lipinski definition) is 5. The first-order valence-electron chi connectivity index (χ1n) is 9.54. The number of ether oxygens (including phenoxy) is 2. The second-order valence-electron chi connectivity index (χ2n) is 7.11. The fourth-order valence-corrected chi connectivity index (χ4v) is 3.48. The molecule has 0 radical (unpaired) electrons. The summed E-state index contributed by atoms with van der Waals surface area (Å²) in [4.78, 5) is 16.8. The summed E-state index contributed by atoms with van der Waals surface area (Å²) in [5.74, 6) is 1.28. The number of hydrogen-bond donors (Lipinski definition) is 1. The largest absolute Gasteiger partial charge is 0.454 e. The molecule has 1 N–H and O–H groups in total. The van der Waals surface area contributed by atoms with Crippen LogP contribution in [0.15, 0.2) is 42.5 Å². The predicted octanol–water partition coefficient (Wildman–Crippen LogP) is 2.70. The van der Waals surface area contributed by atoms with Crippen LogP contribution in [0.2, 0.25) is 0 Å². The van der Waals surface area contributed by atoms with E-state index in [0.29, 0.717) is 18.9 Å². The summed E-state index contributed by atoms with van der Waals surface area (Å²) in [6.45, 7) is 5.72.